The van der Waals surface area contributed by atoms with Crippen LogP contribution in [0, 0.1) is 0 Å². The van der Waals surface area contributed by atoms with Gasteiger partial charge in [0.15, 0.2) is 0 Å². The van der Waals surface area contributed by atoms with E-state index in [9.17, 15) is 18.1 Å². The summed E-state index contributed by atoms with van der Waals surface area (Å²) in [5, 5.41) is 12.2. The standard InChI is InChI=1S/C26H38O5S.K/c1-2-3-4-5-6-7-8-9-10-11-12-13-15-22-20-24(18-19-26(22)27)31-23-16-14-17-25(21-23)32(28,29)30;/h14,16-21,27H,2-13,15H2,1H3,(H,28,29,30);/q;+1/p-1. The third-order valence-corrected chi connectivity index (χ3v) is 6.52. The molecule has 1 N–H and O–H groups in total. The minimum absolute atomic E-state index is 0. The first-order valence-corrected chi connectivity index (χ1v) is 13.4. The van der Waals surface area contributed by atoms with Crippen molar-refractivity contribution in [1.82, 2.24) is 0 Å². The van der Waals surface area contributed by atoms with E-state index >= 15 is 0 Å². The van der Waals surface area contributed by atoms with Crippen LogP contribution in [0.3, 0.4) is 0 Å². The van der Waals surface area contributed by atoms with Gasteiger partial charge in [-0.3, -0.25) is 4.55 Å². The number of hydrogen-bond acceptors (Lipinski definition) is 4. The van der Waals surface area contributed by atoms with Crippen molar-refractivity contribution in [2.24, 2.45) is 0 Å². The zero-order chi connectivity index (χ0) is 23.2. The first-order valence-electron chi connectivity index (χ1n) is 12.0. The van der Waals surface area contributed by atoms with Gasteiger partial charge in [-0.1, -0.05) is 95.2 Å². The van der Waals surface area contributed by atoms with Gasteiger partial charge in [-0.25, -0.2) is 0 Å². The average Bonchev–Trinajstić information content (AvgIpc) is 2.76. The van der Waals surface area contributed by atoms with Crippen LogP contribution in [-0.4, -0.2) is 13.0 Å². The van der Waals surface area contributed by atoms with Crippen LogP contribution in [0.1, 0.15) is 89.5 Å². The summed E-state index contributed by atoms with van der Waals surface area (Å²) in [6.07, 6.45) is 16.0. The van der Waals surface area contributed by atoms with E-state index in [1.807, 2.05) is 0 Å². The van der Waals surface area contributed by atoms with E-state index in [4.69, 9.17) is 4.74 Å². The van der Waals surface area contributed by atoms with E-state index in [2.05, 4.69) is 6.92 Å². The largest absolute Gasteiger partial charge is 1.00 e. The van der Waals surface area contributed by atoms with Crippen LogP contribution >= 0.6 is 0 Å². The van der Waals surface area contributed by atoms with Gasteiger partial charge in [0.05, 0.1) is 4.90 Å². The number of unbranched alkanes of at least 4 members (excludes halogenated alkanes) is 11. The number of benzene rings is 2. The Morgan fingerprint density at radius 1 is 0.788 bits per heavy atom. The minimum atomic E-state index is -4.29. The third-order valence-electron chi connectivity index (χ3n) is 5.67. The number of rotatable bonds is 16. The normalized spacial score (nSPS) is 11.2. The molecule has 5 nitrogen and oxygen atoms in total. The summed E-state index contributed by atoms with van der Waals surface area (Å²) in [6.45, 7) is 2.25. The molecule has 2 rings (SSSR count). The molecule has 7 heteroatoms. The van der Waals surface area contributed by atoms with Gasteiger partial charge in [-0.2, -0.15) is 8.42 Å². The molecule has 0 saturated carbocycles. The second kappa shape index (κ2) is 17.1. The Morgan fingerprint density at radius 3 is 1.91 bits per heavy atom. The molecule has 0 radical (unpaired) electrons. The van der Waals surface area contributed by atoms with Gasteiger partial charge in [0.1, 0.15) is 11.5 Å². The zero-order valence-electron chi connectivity index (χ0n) is 20.2. The molecular formula is C26H37KO5S. The van der Waals surface area contributed by atoms with Crippen LogP contribution in [0.5, 0.6) is 17.2 Å². The molecule has 178 valence electrons. The Labute approximate surface area is 242 Å². The van der Waals surface area contributed by atoms with Gasteiger partial charge in [0, 0.05) is 6.07 Å². The monoisotopic (exact) mass is 500 g/mol. The van der Waals surface area contributed by atoms with Crippen LogP contribution < -0.4 is 61.2 Å². The molecule has 0 spiro atoms. The van der Waals surface area contributed by atoms with Gasteiger partial charge in [0.25, 0.3) is 10.1 Å². The Balaban J connectivity index is 0.00000544. The number of ether oxygens (including phenoxy) is 1. The number of aryl methyl sites for hydroxylation is 1. The molecule has 0 saturated heterocycles. The summed E-state index contributed by atoms with van der Waals surface area (Å²) < 4.78 is 37.5. The van der Waals surface area contributed by atoms with E-state index in [1.54, 1.807) is 18.2 Å². The summed E-state index contributed by atoms with van der Waals surface area (Å²) in [7, 11) is -4.29. The van der Waals surface area contributed by atoms with E-state index in [0.717, 1.165) is 12.8 Å². The van der Waals surface area contributed by atoms with Gasteiger partial charge >= 0.3 is 51.4 Å². The molecule has 2 aromatic rings. The molecule has 0 fully saturated rings. The van der Waals surface area contributed by atoms with Crippen molar-refractivity contribution < 1.29 is 74.2 Å². The summed E-state index contributed by atoms with van der Waals surface area (Å²) in [5.41, 5.74) is 0.709. The molecular weight excluding hydrogens is 463 g/mol. The Hall–Kier alpha value is -0.414. The molecule has 0 atom stereocenters. The van der Waals surface area contributed by atoms with Crippen LogP contribution in [0.15, 0.2) is 47.4 Å². The smallest absolute Gasteiger partial charge is 0.872 e. The van der Waals surface area contributed by atoms with Gasteiger partial charge < -0.3 is 9.84 Å². The summed E-state index contributed by atoms with van der Waals surface area (Å²) in [4.78, 5) is -0.229. The van der Waals surface area contributed by atoms with Crippen molar-refractivity contribution in [3.05, 3.63) is 48.0 Å². The predicted octanol–water partition coefficient (Wildman–Crippen LogP) is 4.05. The Morgan fingerprint density at radius 2 is 1.33 bits per heavy atom. The maximum Gasteiger partial charge on any atom is 1.00 e. The predicted molar refractivity (Wildman–Crippen MR) is 127 cm³/mol. The van der Waals surface area contributed by atoms with E-state index < -0.39 is 10.1 Å². The van der Waals surface area contributed by atoms with E-state index in [-0.39, 0.29) is 67.8 Å². The van der Waals surface area contributed by atoms with Crippen molar-refractivity contribution in [3.63, 3.8) is 0 Å². The molecule has 0 aliphatic heterocycles. The summed E-state index contributed by atoms with van der Waals surface area (Å²) in [5.74, 6) is 0.758. The van der Waals surface area contributed by atoms with Crippen LogP contribution in [0.2, 0.25) is 0 Å². The Kier molecular flexibility index (Phi) is 15.9. The van der Waals surface area contributed by atoms with E-state index in [1.165, 1.54) is 88.5 Å². The number of hydrogen-bond donors (Lipinski definition) is 1. The van der Waals surface area contributed by atoms with Gasteiger partial charge in [-0.05, 0) is 37.1 Å². The van der Waals surface area contributed by atoms with Crippen LogP contribution in [0.25, 0.3) is 0 Å². The molecule has 0 aliphatic rings. The second-order valence-corrected chi connectivity index (χ2v) is 9.88. The van der Waals surface area contributed by atoms with Crippen LogP contribution in [0.4, 0.5) is 0 Å². The maximum absolute atomic E-state index is 12.2. The molecule has 33 heavy (non-hydrogen) atoms. The van der Waals surface area contributed by atoms with Gasteiger partial charge in [-0.15, -0.1) is 5.75 Å². The minimum Gasteiger partial charge on any atom is -0.872 e. The molecule has 0 bridgehead atoms. The molecule has 2 aromatic carbocycles. The van der Waals surface area contributed by atoms with Crippen molar-refractivity contribution >= 4 is 10.1 Å². The van der Waals surface area contributed by atoms with Crippen molar-refractivity contribution in [2.45, 2.75) is 95.3 Å². The van der Waals surface area contributed by atoms with E-state index in [0.29, 0.717) is 17.7 Å². The average molecular weight is 501 g/mol. The van der Waals surface area contributed by atoms with Crippen molar-refractivity contribution in [1.29, 1.82) is 0 Å². The Bertz CT molecular complexity index is 915. The molecule has 0 amide bonds. The van der Waals surface area contributed by atoms with Crippen molar-refractivity contribution in [3.8, 4) is 17.2 Å². The quantitative estimate of drug-likeness (QED) is 0.213. The molecule has 0 heterocycles. The molecule has 0 unspecified atom stereocenters. The first-order chi connectivity index (χ1) is 15.4. The van der Waals surface area contributed by atoms with Gasteiger partial charge in [0.2, 0.25) is 0 Å². The first kappa shape index (κ1) is 30.6. The van der Waals surface area contributed by atoms with Crippen LogP contribution in [-0.2, 0) is 16.5 Å². The second-order valence-electron chi connectivity index (χ2n) is 8.46. The van der Waals surface area contributed by atoms with Crippen molar-refractivity contribution in [2.75, 3.05) is 0 Å². The fourth-order valence-electron chi connectivity index (χ4n) is 3.81. The summed E-state index contributed by atoms with van der Waals surface area (Å²) in [6, 6.07) is 10.4. The molecule has 0 aliphatic carbocycles. The SMILES string of the molecule is CCCCCCCCCCCCCCc1cc(Oc2cccc(S(=O)(=O)O)c2)ccc1[O-].[K+]. The topological polar surface area (TPSA) is 86.7 Å². The fraction of sp³-hybridized carbons (Fsp3) is 0.538. The third kappa shape index (κ3) is 12.7. The zero-order valence-corrected chi connectivity index (χ0v) is 24.2. The maximum atomic E-state index is 12.2. The fourth-order valence-corrected chi connectivity index (χ4v) is 4.32. The molecule has 0 aromatic heterocycles. The summed E-state index contributed by atoms with van der Waals surface area (Å²) >= 11 is 0.